The molecule has 1 aromatic heterocycles. The van der Waals surface area contributed by atoms with Crippen LogP contribution in [0.15, 0.2) is 59.3 Å². The van der Waals surface area contributed by atoms with Crippen molar-refractivity contribution >= 4 is 17.3 Å². The molecule has 1 aliphatic rings. The summed E-state index contributed by atoms with van der Waals surface area (Å²) >= 11 is 0. The van der Waals surface area contributed by atoms with Gasteiger partial charge in [0.05, 0.1) is 13.3 Å². The molecule has 29 heavy (non-hydrogen) atoms. The van der Waals surface area contributed by atoms with Gasteiger partial charge in [-0.2, -0.15) is 0 Å². The van der Waals surface area contributed by atoms with Gasteiger partial charge in [0.25, 0.3) is 5.91 Å². The Hall–Kier alpha value is -3.32. The van der Waals surface area contributed by atoms with Gasteiger partial charge in [0.1, 0.15) is 11.3 Å². The van der Waals surface area contributed by atoms with E-state index in [1.165, 1.54) is 11.9 Å². The normalized spacial score (nSPS) is 14.6. The third-order valence-corrected chi connectivity index (χ3v) is 5.16. The summed E-state index contributed by atoms with van der Waals surface area (Å²) in [6.45, 7) is 4.13. The molecule has 1 saturated heterocycles. The lowest BCUT2D eigenvalue weighted by atomic mass is 10.1. The van der Waals surface area contributed by atoms with Crippen LogP contribution < -0.4 is 15.0 Å². The zero-order chi connectivity index (χ0) is 20.2. The number of carbonyl (C=O) groups is 1. The van der Waals surface area contributed by atoms with Crippen LogP contribution in [0.3, 0.4) is 0 Å². The van der Waals surface area contributed by atoms with E-state index in [0.29, 0.717) is 11.3 Å². The molecule has 0 spiro atoms. The summed E-state index contributed by atoms with van der Waals surface area (Å²) in [5, 5.41) is 6.73. The Kier molecular flexibility index (Phi) is 5.48. The first kappa shape index (κ1) is 19.0. The van der Waals surface area contributed by atoms with E-state index in [-0.39, 0.29) is 5.91 Å². The van der Waals surface area contributed by atoms with E-state index >= 15 is 0 Å². The highest BCUT2D eigenvalue weighted by atomic mass is 16.5. The van der Waals surface area contributed by atoms with Crippen molar-refractivity contribution in [2.24, 2.45) is 0 Å². The van der Waals surface area contributed by atoms with Gasteiger partial charge < -0.3 is 24.4 Å². The molecule has 0 aliphatic carbocycles. The first-order chi connectivity index (χ1) is 14.1. The molecule has 1 N–H and O–H groups in total. The smallest absolute Gasteiger partial charge is 0.261 e. The molecular weight excluding hydrogens is 368 g/mol. The van der Waals surface area contributed by atoms with Gasteiger partial charge in [0.15, 0.2) is 5.76 Å². The number of piperazine rings is 1. The fraction of sp³-hybridized carbons (Fsp3) is 0.273. The lowest BCUT2D eigenvalue weighted by molar-refractivity contribution is 0.102. The number of hydrogen-bond acceptors (Lipinski definition) is 6. The fourth-order valence-electron chi connectivity index (χ4n) is 3.37. The number of benzene rings is 2. The van der Waals surface area contributed by atoms with E-state index in [1.807, 2.05) is 48.5 Å². The summed E-state index contributed by atoms with van der Waals surface area (Å²) in [5.74, 6) is 0.906. The summed E-state index contributed by atoms with van der Waals surface area (Å²) < 4.78 is 10.5. The predicted octanol–water partition coefficient (Wildman–Crippen LogP) is 3.35. The van der Waals surface area contributed by atoms with E-state index < -0.39 is 0 Å². The molecule has 7 nitrogen and oxygen atoms in total. The second-order valence-corrected chi connectivity index (χ2v) is 7.09. The van der Waals surface area contributed by atoms with Crippen molar-refractivity contribution in [2.45, 2.75) is 0 Å². The van der Waals surface area contributed by atoms with Gasteiger partial charge in [-0.25, -0.2) is 0 Å². The van der Waals surface area contributed by atoms with Crippen molar-refractivity contribution in [1.82, 2.24) is 10.1 Å². The number of amides is 1. The fourth-order valence-corrected chi connectivity index (χ4v) is 3.37. The number of rotatable bonds is 5. The number of carbonyl (C=O) groups excluding carboxylic acids is 1. The quantitative estimate of drug-likeness (QED) is 0.718. The van der Waals surface area contributed by atoms with E-state index in [4.69, 9.17) is 9.26 Å². The minimum atomic E-state index is -0.260. The van der Waals surface area contributed by atoms with Gasteiger partial charge in [0, 0.05) is 43.1 Å². The second-order valence-electron chi connectivity index (χ2n) is 7.09. The SMILES string of the molecule is COc1ccc(-c2oncc2C(=O)Nc2ccc(N3CCN(C)CC3)cc2)cc1. The molecule has 2 aromatic carbocycles. The third-order valence-electron chi connectivity index (χ3n) is 5.16. The van der Waals surface area contributed by atoms with Crippen molar-refractivity contribution < 1.29 is 14.1 Å². The Morgan fingerprint density at radius 2 is 1.72 bits per heavy atom. The highest BCUT2D eigenvalue weighted by Crippen LogP contribution is 2.27. The summed E-state index contributed by atoms with van der Waals surface area (Å²) in [4.78, 5) is 17.4. The molecule has 150 valence electrons. The lowest BCUT2D eigenvalue weighted by Crippen LogP contribution is -2.44. The number of likely N-dealkylation sites (N-methyl/N-ethyl adjacent to an activating group) is 1. The number of nitrogens with one attached hydrogen (secondary N) is 1. The maximum absolute atomic E-state index is 12.8. The molecule has 1 amide bonds. The van der Waals surface area contributed by atoms with Crippen LogP contribution in [0.2, 0.25) is 0 Å². The van der Waals surface area contributed by atoms with Gasteiger partial charge in [0.2, 0.25) is 0 Å². The van der Waals surface area contributed by atoms with Crippen molar-refractivity contribution in [3.8, 4) is 17.1 Å². The van der Waals surface area contributed by atoms with Crippen molar-refractivity contribution in [3.63, 3.8) is 0 Å². The Labute approximate surface area is 169 Å². The van der Waals surface area contributed by atoms with Crippen LogP contribution in [0, 0.1) is 0 Å². The van der Waals surface area contributed by atoms with Crippen LogP contribution in [0.5, 0.6) is 5.75 Å². The molecule has 2 heterocycles. The zero-order valence-corrected chi connectivity index (χ0v) is 16.6. The molecule has 0 saturated carbocycles. The number of aromatic nitrogens is 1. The standard InChI is InChI=1S/C22H24N4O3/c1-25-11-13-26(14-12-25)18-7-5-17(6-8-18)24-22(27)20-15-23-29-21(20)16-3-9-19(28-2)10-4-16/h3-10,15H,11-14H2,1-2H3,(H,24,27). The maximum Gasteiger partial charge on any atom is 0.261 e. The predicted molar refractivity (Wildman–Crippen MR) is 113 cm³/mol. The molecule has 0 radical (unpaired) electrons. The molecule has 7 heteroatoms. The van der Waals surface area contributed by atoms with Crippen LogP contribution in [-0.2, 0) is 0 Å². The second kappa shape index (κ2) is 8.36. The van der Waals surface area contributed by atoms with Crippen molar-refractivity contribution in [3.05, 3.63) is 60.3 Å². The summed E-state index contributed by atoms with van der Waals surface area (Å²) in [6, 6.07) is 15.2. The Morgan fingerprint density at radius 1 is 1.03 bits per heavy atom. The van der Waals surface area contributed by atoms with E-state index in [1.54, 1.807) is 7.11 Å². The monoisotopic (exact) mass is 392 g/mol. The van der Waals surface area contributed by atoms with E-state index in [0.717, 1.165) is 43.2 Å². The van der Waals surface area contributed by atoms with Crippen LogP contribution in [-0.4, -0.2) is 56.3 Å². The third kappa shape index (κ3) is 4.25. The maximum atomic E-state index is 12.8. The van der Waals surface area contributed by atoms with Crippen LogP contribution in [0.1, 0.15) is 10.4 Å². The molecule has 0 unspecified atom stereocenters. The molecule has 4 rings (SSSR count). The minimum Gasteiger partial charge on any atom is -0.497 e. The number of methoxy groups -OCH3 is 1. The number of nitrogens with zero attached hydrogens (tertiary/aromatic N) is 3. The molecule has 3 aromatic rings. The van der Waals surface area contributed by atoms with Crippen LogP contribution in [0.4, 0.5) is 11.4 Å². The first-order valence-corrected chi connectivity index (χ1v) is 9.58. The number of anilines is 2. The minimum absolute atomic E-state index is 0.260. The largest absolute Gasteiger partial charge is 0.497 e. The summed E-state index contributed by atoms with van der Waals surface area (Å²) in [5.41, 5.74) is 3.05. The number of hydrogen-bond donors (Lipinski definition) is 1. The molecule has 1 fully saturated rings. The van der Waals surface area contributed by atoms with Gasteiger partial charge in [-0.15, -0.1) is 0 Å². The highest BCUT2D eigenvalue weighted by molar-refractivity contribution is 6.07. The van der Waals surface area contributed by atoms with Gasteiger partial charge in [-0.1, -0.05) is 5.16 Å². The lowest BCUT2D eigenvalue weighted by Gasteiger charge is -2.34. The Morgan fingerprint density at radius 3 is 2.38 bits per heavy atom. The highest BCUT2D eigenvalue weighted by Gasteiger charge is 2.19. The van der Waals surface area contributed by atoms with Crippen LogP contribution >= 0.6 is 0 Å². The van der Waals surface area contributed by atoms with E-state index in [2.05, 4.69) is 27.3 Å². The molecule has 1 aliphatic heterocycles. The summed E-state index contributed by atoms with van der Waals surface area (Å²) in [6.07, 6.45) is 1.44. The average Bonchev–Trinajstić information content (AvgIpc) is 3.25. The van der Waals surface area contributed by atoms with Gasteiger partial charge >= 0.3 is 0 Å². The van der Waals surface area contributed by atoms with Crippen molar-refractivity contribution in [2.75, 3.05) is 50.6 Å². The number of ether oxygens (including phenoxy) is 1. The summed E-state index contributed by atoms with van der Waals surface area (Å²) in [7, 11) is 3.75. The van der Waals surface area contributed by atoms with Crippen LogP contribution in [0.25, 0.3) is 11.3 Å². The Bertz CT molecular complexity index is 958. The van der Waals surface area contributed by atoms with Gasteiger partial charge in [-0.3, -0.25) is 4.79 Å². The van der Waals surface area contributed by atoms with Gasteiger partial charge in [-0.05, 0) is 55.6 Å². The Balaban J connectivity index is 1.45. The zero-order valence-electron chi connectivity index (χ0n) is 16.6. The van der Waals surface area contributed by atoms with E-state index in [9.17, 15) is 4.79 Å². The molecular formula is C22H24N4O3. The van der Waals surface area contributed by atoms with Crippen molar-refractivity contribution in [1.29, 1.82) is 0 Å². The molecule has 0 bridgehead atoms. The topological polar surface area (TPSA) is 70.8 Å². The molecule has 0 atom stereocenters. The average molecular weight is 392 g/mol. The first-order valence-electron chi connectivity index (χ1n) is 9.58.